The van der Waals surface area contributed by atoms with Gasteiger partial charge in [0.25, 0.3) is 0 Å². The molecule has 2 rings (SSSR count). The van der Waals surface area contributed by atoms with Crippen LogP contribution < -0.4 is 5.73 Å². The maximum absolute atomic E-state index is 9.44. The molecule has 0 radical (unpaired) electrons. The van der Waals surface area contributed by atoms with Crippen molar-refractivity contribution in [2.24, 2.45) is 0 Å². The Bertz CT molecular complexity index is 436. The highest BCUT2D eigenvalue weighted by Gasteiger charge is 2.06. The number of nitrogen functional groups attached to an aromatic ring is 1. The molecule has 0 atom stereocenters. The van der Waals surface area contributed by atoms with E-state index in [0.717, 1.165) is 4.70 Å². The van der Waals surface area contributed by atoms with Gasteiger partial charge >= 0.3 is 0 Å². The van der Waals surface area contributed by atoms with Crippen molar-refractivity contribution in [3.8, 4) is 10.8 Å². The molecular formula is C8H7NO2S. The van der Waals surface area contributed by atoms with Crippen LogP contribution in [0, 0.1) is 0 Å². The number of nitrogens with two attached hydrogens (primary N) is 1. The second-order valence-electron chi connectivity index (χ2n) is 2.50. The predicted octanol–water partition coefficient (Wildman–Crippen LogP) is 1.89. The SMILES string of the molecule is Nc1ccc2sc(O)cc2c1O. The van der Waals surface area contributed by atoms with E-state index in [1.165, 1.54) is 17.4 Å². The molecule has 4 N–H and O–H groups in total. The Hall–Kier alpha value is -1.42. The number of anilines is 1. The van der Waals surface area contributed by atoms with Gasteiger partial charge in [-0.3, -0.25) is 0 Å². The minimum atomic E-state index is 0.0454. The first-order chi connectivity index (χ1) is 5.68. The van der Waals surface area contributed by atoms with Crippen LogP contribution in [0.4, 0.5) is 5.69 Å². The van der Waals surface area contributed by atoms with Crippen LogP contribution in [0.15, 0.2) is 18.2 Å². The highest BCUT2D eigenvalue weighted by molar-refractivity contribution is 7.20. The normalized spacial score (nSPS) is 10.7. The number of thiophene rings is 1. The highest BCUT2D eigenvalue weighted by atomic mass is 32.1. The molecule has 12 heavy (non-hydrogen) atoms. The lowest BCUT2D eigenvalue weighted by Crippen LogP contribution is -1.83. The van der Waals surface area contributed by atoms with E-state index in [4.69, 9.17) is 10.8 Å². The van der Waals surface area contributed by atoms with Gasteiger partial charge < -0.3 is 15.9 Å². The van der Waals surface area contributed by atoms with E-state index in [1.807, 2.05) is 0 Å². The molecule has 4 heteroatoms. The van der Waals surface area contributed by atoms with Gasteiger partial charge in [0.1, 0.15) is 5.75 Å². The zero-order valence-electron chi connectivity index (χ0n) is 6.11. The largest absolute Gasteiger partial charge is 0.505 e. The lowest BCUT2D eigenvalue weighted by Gasteiger charge is -1.97. The maximum atomic E-state index is 9.44. The summed E-state index contributed by atoms with van der Waals surface area (Å²) in [6, 6.07) is 4.90. The fourth-order valence-corrected chi connectivity index (χ4v) is 1.90. The van der Waals surface area contributed by atoms with Gasteiger partial charge in [0.15, 0.2) is 5.06 Å². The Morgan fingerprint density at radius 2 is 2.00 bits per heavy atom. The zero-order chi connectivity index (χ0) is 8.72. The molecule has 0 aliphatic carbocycles. The number of phenols is 1. The molecule has 1 aromatic heterocycles. The lowest BCUT2D eigenvalue weighted by atomic mass is 10.2. The molecule has 0 spiro atoms. The van der Waals surface area contributed by atoms with E-state index in [1.54, 1.807) is 12.1 Å². The van der Waals surface area contributed by atoms with Crippen LogP contribution in [0.3, 0.4) is 0 Å². The van der Waals surface area contributed by atoms with E-state index in [9.17, 15) is 5.11 Å². The number of benzene rings is 1. The lowest BCUT2D eigenvalue weighted by molar-refractivity contribution is 0.481. The Balaban J connectivity index is 2.89. The van der Waals surface area contributed by atoms with E-state index in [2.05, 4.69) is 0 Å². The van der Waals surface area contributed by atoms with Gasteiger partial charge in [-0.1, -0.05) is 11.3 Å². The third kappa shape index (κ3) is 0.887. The van der Waals surface area contributed by atoms with E-state index in [-0.39, 0.29) is 10.8 Å². The first kappa shape index (κ1) is 7.24. The molecular weight excluding hydrogens is 174 g/mol. The molecule has 1 aromatic carbocycles. The Morgan fingerprint density at radius 3 is 2.75 bits per heavy atom. The quantitative estimate of drug-likeness (QED) is 0.429. The molecule has 0 saturated carbocycles. The van der Waals surface area contributed by atoms with Crippen LogP contribution >= 0.6 is 11.3 Å². The van der Waals surface area contributed by atoms with Gasteiger partial charge in [-0.15, -0.1) is 0 Å². The molecule has 0 unspecified atom stereocenters. The van der Waals surface area contributed by atoms with Crippen LogP contribution in [-0.4, -0.2) is 10.2 Å². The molecule has 3 nitrogen and oxygen atoms in total. The van der Waals surface area contributed by atoms with Crippen molar-refractivity contribution in [2.75, 3.05) is 5.73 Å². The van der Waals surface area contributed by atoms with Crippen molar-refractivity contribution in [3.05, 3.63) is 18.2 Å². The molecule has 62 valence electrons. The Morgan fingerprint density at radius 1 is 1.25 bits per heavy atom. The second kappa shape index (κ2) is 2.28. The molecule has 0 aliphatic rings. The first-order valence-electron chi connectivity index (χ1n) is 3.38. The number of hydrogen-bond donors (Lipinski definition) is 3. The number of aromatic hydroxyl groups is 2. The molecule has 0 saturated heterocycles. The highest BCUT2D eigenvalue weighted by Crippen LogP contribution is 2.38. The average molecular weight is 181 g/mol. The summed E-state index contributed by atoms with van der Waals surface area (Å²) >= 11 is 1.21. The molecule has 0 amide bonds. The van der Waals surface area contributed by atoms with Crippen molar-refractivity contribution in [1.29, 1.82) is 0 Å². The van der Waals surface area contributed by atoms with E-state index < -0.39 is 0 Å². The third-order valence-corrected chi connectivity index (χ3v) is 2.59. The summed E-state index contributed by atoms with van der Waals surface area (Å²) in [6.07, 6.45) is 0. The van der Waals surface area contributed by atoms with Gasteiger partial charge in [0.2, 0.25) is 0 Å². The third-order valence-electron chi connectivity index (χ3n) is 1.69. The summed E-state index contributed by atoms with van der Waals surface area (Å²) in [5.74, 6) is 0.0454. The van der Waals surface area contributed by atoms with Crippen molar-refractivity contribution in [2.45, 2.75) is 0 Å². The topological polar surface area (TPSA) is 66.5 Å². The predicted molar refractivity (Wildman–Crippen MR) is 49.6 cm³/mol. The summed E-state index contributed by atoms with van der Waals surface area (Å²) in [6.45, 7) is 0. The summed E-state index contributed by atoms with van der Waals surface area (Å²) in [4.78, 5) is 0. The van der Waals surface area contributed by atoms with Gasteiger partial charge in [0.05, 0.1) is 5.69 Å². The first-order valence-corrected chi connectivity index (χ1v) is 4.20. The van der Waals surface area contributed by atoms with Crippen LogP contribution in [-0.2, 0) is 0 Å². The summed E-state index contributed by atoms with van der Waals surface area (Å²) < 4.78 is 0.833. The van der Waals surface area contributed by atoms with Crippen LogP contribution in [0.25, 0.3) is 10.1 Å². The van der Waals surface area contributed by atoms with Crippen molar-refractivity contribution in [1.82, 2.24) is 0 Å². The van der Waals surface area contributed by atoms with Gasteiger partial charge in [-0.05, 0) is 12.1 Å². The van der Waals surface area contributed by atoms with Gasteiger partial charge in [-0.2, -0.15) is 0 Å². The molecule has 0 aliphatic heterocycles. The Labute approximate surface area is 72.7 Å². The monoisotopic (exact) mass is 181 g/mol. The second-order valence-corrected chi connectivity index (χ2v) is 3.56. The minimum Gasteiger partial charge on any atom is -0.505 e. The fourth-order valence-electron chi connectivity index (χ4n) is 1.10. The van der Waals surface area contributed by atoms with Crippen LogP contribution in [0.1, 0.15) is 0 Å². The minimum absolute atomic E-state index is 0.0454. The number of phenolic OH excluding ortho intramolecular Hbond substituents is 1. The van der Waals surface area contributed by atoms with Crippen LogP contribution in [0.5, 0.6) is 10.8 Å². The van der Waals surface area contributed by atoms with E-state index >= 15 is 0 Å². The fraction of sp³-hybridized carbons (Fsp3) is 0. The van der Waals surface area contributed by atoms with Crippen molar-refractivity contribution in [3.63, 3.8) is 0 Å². The molecule has 0 fully saturated rings. The molecule has 0 bridgehead atoms. The average Bonchev–Trinajstić information content (AvgIpc) is 2.39. The summed E-state index contributed by atoms with van der Waals surface area (Å²) in [7, 11) is 0. The number of hydrogen-bond acceptors (Lipinski definition) is 4. The smallest absolute Gasteiger partial charge is 0.172 e. The zero-order valence-corrected chi connectivity index (χ0v) is 6.93. The van der Waals surface area contributed by atoms with Crippen molar-refractivity contribution >= 4 is 27.1 Å². The standard InChI is InChI=1S/C8H7NO2S/c9-5-1-2-6-4(8(5)11)3-7(10)12-6/h1-3,10-11H,9H2. The summed E-state index contributed by atoms with van der Waals surface area (Å²) in [5.41, 5.74) is 5.80. The number of fused-ring (bicyclic) bond motifs is 1. The van der Waals surface area contributed by atoms with E-state index in [0.29, 0.717) is 11.1 Å². The molecule has 1 heterocycles. The van der Waals surface area contributed by atoms with Gasteiger partial charge in [-0.25, -0.2) is 0 Å². The Kier molecular flexibility index (Phi) is 1.38. The van der Waals surface area contributed by atoms with Gasteiger partial charge in [0, 0.05) is 16.2 Å². The summed E-state index contributed by atoms with van der Waals surface area (Å²) in [5, 5.41) is 19.4. The number of rotatable bonds is 0. The van der Waals surface area contributed by atoms with Crippen molar-refractivity contribution < 1.29 is 10.2 Å². The van der Waals surface area contributed by atoms with Crippen LogP contribution in [0.2, 0.25) is 0 Å². The molecule has 2 aromatic rings. The maximum Gasteiger partial charge on any atom is 0.172 e.